The van der Waals surface area contributed by atoms with E-state index in [2.05, 4.69) is 10.3 Å². The number of likely N-dealkylation sites (tertiary alicyclic amines) is 1. The van der Waals surface area contributed by atoms with Crippen LogP contribution in [0.5, 0.6) is 0 Å². The van der Waals surface area contributed by atoms with Crippen molar-refractivity contribution in [2.24, 2.45) is 11.8 Å². The van der Waals surface area contributed by atoms with Crippen molar-refractivity contribution in [3.05, 3.63) is 36.7 Å². The number of pyridine rings is 1. The van der Waals surface area contributed by atoms with Gasteiger partial charge in [-0.25, -0.2) is 4.79 Å². The van der Waals surface area contributed by atoms with Gasteiger partial charge in [-0.2, -0.15) is 13.2 Å². The number of carbonyl (C=O) groups excluding carboxylic acids is 1. The number of hydrogen-bond donors (Lipinski definition) is 2. The topological polar surface area (TPSA) is 82.5 Å². The van der Waals surface area contributed by atoms with E-state index in [4.69, 9.17) is 5.11 Å². The van der Waals surface area contributed by atoms with Crippen LogP contribution in [-0.4, -0.2) is 46.3 Å². The minimum absolute atomic E-state index is 0.408. The summed E-state index contributed by atoms with van der Waals surface area (Å²) < 4.78 is 38.9. The molecule has 0 unspecified atom stereocenters. The number of benzene rings is 1. The van der Waals surface area contributed by atoms with Gasteiger partial charge >= 0.3 is 18.2 Å². The number of urea groups is 1. The van der Waals surface area contributed by atoms with Crippen LogP contribution >= 0.6 is 0 Å². The molecule has 0 spiro atoms. The van der Waals surface area contributed by atoms with Crippen LogP contribution in [-0.2, 0) is 4.79 Å². The third kappa shape index (κ3) is 3.49. The smallest absolute Gasteiger partial charge is 0.394 e. The van der Waals surface area contributed by atoms with Gasteiger partial charge in [0.15, 0.2) is 0 Å². The number of anilines is 1. The van der Waals surface area contributed by atoms with Crippen molar-refractivity contribution in [3.63, 3.8) is 0 Å². The average Bonchev–Trinajstić information content (AvgIpc) is 3.01. The van der Waals surface area contributed by atoms with Gasteiger partial charge in [-0.1, -0.05) is 6.07 Å². The molecule has 132 valence electrons. The largest absolute Gasteiger partial charge is 0.481 e. The maximum absolute atomic E-state index is 13.0. The third-order valence-electron chi connectivity index (χ3n) is 4.24. The van der Waals surface area contributed by atoms with Gasteiger partial charge in [-0.3, -0.25) is 9.78 Å². The van der Waals surface area contributed by atoms with Gasteiger partial charge in [0.05, 0.1) is 11.8 Å². The predicted octanol–water partition coefficient (Wildman–Crippen LogP) is 2.96. The molecule has 2 heterocycles. The van der Waals surface area contributed by atoms with Gasteiger partial charge in [0.25, 0.3) is 0 Å². The van der Waals surface area contributed by atoms with Gasteiger partial charge in [-0.05, 0) is 23.6 Å². The van der Waals surface area contributed by atoms with Gasteiger partial charge in [0.1, 0.15) is 0 Å². The van der Waals surface area contributed by atoms with E-state index < -0.39 is 43.1 Å². The number of carbonyl (C=O) groups is 2. The monoisotopic (exact) mass is 353 g/mol. The zero-order valence-electron chi connectivity index (χ0n) is 12.8. The number of carboxylic acids is 1. The fourth-order valence-corrected chi connectivity index (χ4v) is 2.92. The van der Waals surface area contributed by atoms with Crippen molar-refractivity contribution in [2.45, 2.75) is 6.18 Å². The Morgan fingerprint density at radius 2 is 1.96 bits per heavy atom. The summed E-state index contributed by atoms with van der Waals surface area (Å²) in [5, 5.41) is 13.2. The molecule has 1 aliphatic rings. The minimum Gasteiger partial charge on any atom is -0.481 e. The van der Waals surface area contributed by atoms with Crippen molar-refractivity contribution in [2.75, 3.05) is 18.4 Å². The van der Waals surface area contributed by atoms with Gasteiger partial charge in [0.2, 0.25) is 0 Å². The molecule has 0 aliphatic carbocycles. The number of carboxylic acid groups (broad SMARTS) is 1. The number of aliphatic carboxylic acids is 1. The average molecular weight is 353 g/mol. The first-order valence-corrected chi connectivity index (χ1v) is 7.45. The molecule has 1 aromatic carbocycles. The van der Waals surface area contributed by atoms with Crippen molar-refractivity contribution in [3.8, 4) is 0 Å². The molecule has 2 amide bonds. The Bertz CT molecular complexity index is 825. The van der Waals surface area contributed by atoms with E-state index in [0.717, 1.165) is 15.7 Å². The lowest BCUT2D eigenvalue weighted by Gasteiger charge is -2.18. The summed E-state index contributed by atoms with van der Waals surface area (Å²) in [6, 6.07) is 5.97. The molecule has 0 saturated carbocycles. The number of amides is 2. The van der Waals surface area contributed by atoms with E-state index in [1.54, 1.807) is 36.7 Å². The predicted molar refractivity (Wildman–Crippen MR) is 83.0 cm³/mol. The maximum atomic E-state index is 13.0. The number of rotatable bonds is 2. The highest BCUT2D eigenvalue weighted by Gasteiger charge is 2.53. The van der Waals surface area contributed by atoms with E-state index in [9.17, 15) is 22.8 Å². The normalized spacial score (nSPS) is 20.7. The van der Waals surface area contributed by atoms with E-state index in [1.807, 2.05) is 0 Å². The van der Waals surface area contributed by atoms with Crippen molar-refractivity contribution < 1.29 is 27.9 Å². The van der Waals surface area contributed by atoms with Crippen LogP contribution in [0.3, 0.4) is 0 Å². The summed E-state index contributed by atoms with van der Waals surface area (Å²) in [7, 11) is 0. The van der Waals surface area contributed by atoms with Gasteiger partial charge < -0.3 is 15.3 Å². The minimum atomic E-state index is -4.67. The molecule has 2 aromatic rings. The number of nitrogens with zero attached hydrogens (tertiary/aromatic N) is 2. The van der Waals surface area contributed by atoms with Gasteiger partial charge in [-0.15, -0.1) is 0 Å². The summed E-state index contributed by atoms with van der Waals surface area (Å²) in [6.07, 6.45) is -1.44. The summed E-state index contributed by atoms with van der Waals surface area (Å²) in [5.41, 5.74) is 0.408. The molecule has 25 heavy (non-hydrogen) atoms. The van der Waals surface area contributed by atoms with Crippen LogP contribution in [0.2, 0.25) is 0 Å². The second-order valence-electron chi connectivity index (χ2n) is 5.87. The lowest BCUT2D eigenvalue weighted by atomic mass is 9.96. The van der Waals surface area contributed by atoms with Gasteiger partial charge in [0, 0.05) is 36.6 Å². The zero-order valence-corrected chi connectivity index (χ0v) is 12.8. The molecule has 1 fully saturated rings. The Kier molecular flexibility index (Phi) is 4.23. The van der Waals surface area contributed by atoms with Crippen LogP contribution < -0.4 is 5.32 Å². The highest BCUT2D eigenvalue weighted by atomic mass is 19.4. The Hall–Kier alpha value is -2.84. The number of fused-ring (bicyclic) bond motifs is 1. The second-order valence-corrected chi connectivity index (χ2v) is 5.87. The van der Waals surface area contributed by atoms with E-state index >= 15 is 0 Å². The SMILES string of the molecule is O=C(O)[C@@H]1CN(C(=O)Nc2ccc3cnccc3c2)C[C@H]1C(F)(F)F. The summed E-state index contributed by atoms with van der Waals surface area (Å²) in [4.78, 5) is 28.1. The summed E-state index contributed by atoms with van der Waals surface area (Å²) in [5.74, 6) is -5.29. The van der Waals surface area contributed by atoms with Crippen molar-refractivity contribution in [1.82, 2.24) is 9.88 Å². The van der Waals surface area contributed by atoms with Crippen molar-refractivity contribution in [1.29, 1.82) is 0 Å². The molecular weight excluding hydrogens is 339 g/mol. The lowest BCUT2D eigenvalue weighted by molar-refractivity contribution is -0.187. The zero-order chi connectivity index (χ0) is 18.2. The van der Waals surface area contributed by atoms with E-state index in [-0.39, 0.29) is 0 Å². The molecule has 9 heteroatoms. The van der Waals surface area contributed by atoms with Crippen LogP contribution in [0.4, 0.5) is 23.7 Å². The molecule has 0 radical (unpaired) electrons. The van der Waals surface area contributed by atoms with Crippen LogP contribution in [0.15, 0.2) is 36.7 Å². The highest BCUT2D eigenvalue weighted by molar-refractivity contribution is 5.93. The quantitative estimate of drug-likeness (QED) is 0.870. The Morgan fingerprint density at radius 3 is 2.60 bits per heavy atom. The molecule has 0 bridgehead atoms. The molecule has 3 rings (SSSR count). The molecule has 2 atom stereocenters. The number of aromatic nitrogens is 1. The van der Waals surface area contributed by atoms with Crippen LogP contribution in [0, 0.1) is 11.8 Å². The molecule has 2 N–H and O–H groups in total. The number of halogens is 3. The first kappa shape index (κ1) is 17.0. The first-order valence-electron chi connectivity index (χ1n) is 7.45. The fourth-order valence-electron chi connectivity index (χ4n) is 2.92. The Morgan fingerprint density at radius 1 is 1.20 bits per heavy atom. The van der Waals surface area contributed by atoms with Crippen LogP contribution in [0.1, 0.15) is 0 Å². The summed E-state index contributed by atoms with van der Waals surface area (Å²) in [6.45, 7) is -1.16. The standard InChI is InChI=1S/C16H14F3N3O3/c17-16(18,19)13-8-22(7-12(13)14(23)24)15(25)21-11-2-1-10-6-20-4-3-9(10)5-11/h1-6,12-13H,7-8H2,(H,21,25)(H,23,24)/t12-,13-/m1/s1. The lowest BCUT2D eigenvalue weighted by Crippen LogP contribution is -2.35. The molecule has 6 nitrogen and oxygen atoms in total. The van der Waals surface area contributed by atoms with Crippen molar-refractivity contribution >= 4 is 28.5 Å². The van der Waals surface area contributed by atoms with E-state index in [1.165, 1.54) is 0 Å². The molecule has 1 aromatic heterocycles. The molecular formula is C16H14F3N3O3. The Balaban J connectivity index is 1.75. The number of nitrogens with one attached hydrogen (secondary N) is 1. The number of alkyl halides is 3. The molecule has 1 aliphatic heterocycles. The Labute approximate surface area is 140 Å². The van der Waals surface area contributed by atoms with E-state index in [0.29, 0.717) is 5.69 Å². The summed E-state index contributed by atoms with van der Waals surface area (Å²) >= 11 is 0. The highest BCUT2D eigenvalue weighted by Crippen LogP contribution is 2.37. The fraction of sp³-hybridized carbons (Fsp3) is 0.312. The second kappa shape index (κ2) is 6.23. The maximum Gasteiger partial charge on any atom is 0.394 e. The number of hydrogen-bond acceptors (Lipinski definition) is 3. The van der Waals surface area contributed by atoms with Crippen LogP contribution in [0.25, 0.3) is 10.8 Å². The molecule has 1 saturated heterocycles. The first-order chi connectivity index (χ1) is 11.8. The third-order valence-corrected chi connectivity index (χ3v) is 4.24.